The molecule has 31 heavy (non-hydrogen) atoms. The molecule has 8 nitrogen and oxygen atoms in total. The van der Waals surface area contributed by atoms with Gasteiger partial charge in [0.05, 0.1) is 38.4 Å². The monoisotopic (exact) mass is 426 g/mol. The van der Waals surface area contributed by atoms with Crippen LogP contribution < -0.4 is 15.2 Å². The van der Waals surface area contributed by atoms with Crippen molar-refractivity contribution in [1.29, 1.82) is 0 Å². The lowest BCUT2D eigenvalue weighted by Crippen LogP contribution is -2.52. The molecule has 1 aromatic rings. The maximum Gasteiger partial charge on any atom is 0.247 e. The lowest BCUT2D eigenvalue weighted by molar-refractivity contribution is -0.141. The predicted molar refractivity (Wildman–Crippen MR) is 117 cm³/mol. The number of amides is 2. The van der Waals surface area contributed by atoms with Gasteiger partial charge < -0.3 is 15.2 Å². The van der Waals surface area contributed by atoms with Gasteiger partial charge >= 0.3 is 0 Å². The Morgan fingerprint density at radius 1 is 1.10 bits per heavy atom. The van der Waals surface area contributed by atoms with Crippen molar-refractivity contribution in [2.75, 3.05) is 33.9 Å². The number of hydrogen-bond donors (Lipinski definition) is 1. The van der Waals surface area contributed by atoms with Gasteiger partial charge in [-0.15, -0.1) is 0 Å². The van der Waals surface area contributed by atoms with Crippen molar-refractivity contribution in [2.45, 2.75) is 31.7 Å². The van der Waals surface area contributed by atoms with Crippen molar-refractivity contribution in [3.8, 4) is 11.5 Å². The van der Waals surface area contributed by atoms with E-state index in [4.69, 9.17) is 20.3 Å². The van der Waals surface area contributed by atoms with E-state index >= 15 is 0 Å². The molecule has 3 aliphatic rings. The molecular weight excluding hydrogens is 396 g/mol. The topological polar surface area (TPSA) is 97.5 Å². The number of rotatable bonds is 6. The van der Waals surface area contributed by atoms with Gasteiger partial charge in [-0.2, -0.15) is 5.10 Å². The van der Waals surface area contributed by atoms with Crippen LogP contribution in [-0.4, -0.2) is 67.3 Å². The molecule has 166 valence electrons. The summed E-state index contributed by atoms with van der Waals surface area (Å²) < 4.78 is 10.9. The zero-order valence-electron chi connectivity index (χ0n) is 18.1. The van der Waals surface area contributed by atoms with E-state index in [0.717, 1.165) is 50.0 Å². The highest BCUT2D eigenvalue weighted by Gasteiger charge is 2.42. The number of nitrogens with two attached hydrogens (primary N) is 1. The van der Waals surface area contributed by atoms with Gasteiger partial charge in [0.15, 0.2) is 11.5 Å². The number of nitrogens with zero attached hydrogens (tertiary/aromatic N) is 3. The minimum atomic E-state index is -0.321. The van der Waals surface area contributed by atoms with E-state index in [-0.39, 0.29) is 36.2 Å². The average molecular weight is 427 g/mol. The fourth-order valence-electron chi connectivity index (χ4n) is 4.87. The predicted octanol–water partition coefficient (Wildman–Crippen LogP) is 1.78. The Bertz CT molecular complexity index is 905. The molecule has 1 unspecified atom stereocenters. The van der Waals surface area contributed by atoms with Gasteiger partial charge in [0, 0.05) is 24.6 Å². The summed E-state index contributed by atoms with van der Waals surface area (Å²) in [6.07, 6.45) is 7.32. The Hall–Kier alpha value is -2.87. The first-order valence-corrected chi connectivity index (χ1v) is 10.8. The van der Waals surface area contributed by atoms with Gasteiger partial charge in [0.2, 0.25) is 11.8 Å². The zero-order chi connectivity index (χ0) is 22.0. The molecule has 2 N–H and O–H groups in total. The normalized spacial score (nSPS) is 24.5. The van der Waals surface area contributed by atoms with E-state index in [2.05, 4.69) is 12.2 Å². The van der Waals surface area contributed by atoms with E-state index in [1.807, 2.05) is 23.1 Å². The van der Waals surface area contributed by atoms with Crippen LogP contribution >= 0.6 is 0 Å². The maximum absolute atomic E-state index is 13.4. The van der Waals surface area contributed by atoms with E-state index in [9.17, 15) is 9.59 Å². The molecule has 1 saturated heterocycles. The van der Waals surface area contributed by atoms with Gasteiger partial charge in [-0.05, 0) is 43.9 Å². The summed E-state index contributed by atoms with van der Waals surface area (Å²) in [6, 6.07) is 5.83. The molecule has 2 heterocycles. The number of benzene rings is 1. The Balaban J connectivity index is 1.64. The largest absolute Gasteiger partial charge is 0.493 e. The molecular formula is C23H30N4O4. The third-order valence-electron chi connectivity index (χ3n) is 6.50. The minimum Gasteiger partial charge on any atom is -0.493 e. The smallest absolute Gasteiger partial charge is 0.247 e. The Morgan fingerprint density at radius 2 is 1.77 bits per heavy atom. The van der Waals surface area contributed by atoms with Crippen molar-refractivity contribution in [2.24, 2.45) is 22.7 Å². The molecule has 0 radical (unpaired) electrons. The number of piperidine rings is 1. The van der Waals surface area contributed by atoms with Crippen LogP contribution in [0.2, 0.25) is 0 Å². The second-order valence-corrected chi connectivity index (χ2v) is 8.37. The summed E-state index contributed by atoms with van der Waals surface area (Å²) in [7, 11) is 3.23. The molecule has 2 atom stereocenters. The van der Waals surface area contributed by atoms with Gasteiger partial charge in [-0.25, -0.2) is 5.01 Å². The first kappa shape index (κ1) is 21.4. The SMILES string of the molecule is COc1ccc(C2=NN(C3CCN(CC(N)=O)CC3)C(=O)[C@@H]3CC=CCC23)cc1OC. The molecule has 8 heteroatoms. The number of allylic oxidation sites excluding steroid dienone is 2. The molecule has 2 amide bonds. The Kier molecular flexibility index (Phi) is 6.27. The van der Waals surface area contributed by atoms with Gasteiger partial charge in [0.1, 0.15) is 0 Å². The first-order chi connectivity index (χ1) is 15.0. The maximum atomic E-state index is 13.4. The number of carbonyl (C=O) groups excluding carboxylic acids is 2. The number of hydrogen-bond acceptors (Lipinski definition) is 6. The van der Waals surface area contributed by atoms with Crippen LogP contribution in [0.3, 0.4) is 0 Å². The molecule has 4 rings (SSSR count). The van der Waals surface area contributed by atoms with Crippen LogP contribution in [0.1, 0.15) is 31.2 Å². The van der Waals surface area contributed by atoms with Gasteiger partial charge in [0.25, 0.3) is 0 Å². The minimum absolute atomic E-state index is 0.0265. The Labute approximate surface area is 182 Å². The lowest BCUT2D eigenvalue weighted by Gasteiger charge is -2.42. The number of carbonyl (C=O) groups is 2. The van der Waals surface area contributed by atoms with Crippen molar-refractivity contribution < 1.29 is 19.1 Å². The highest BCUT2D eigenvalue weighted by atomic mass is 16.5. The number of ether oxygens (including phenoxy) is 2. The summed E-state index contributed by atoms with van der Waals surface area (Å²) in [5.41, 5.74) is 7.21. The number of methoxy groups -OCH3 is 2. The summed E-state index contributed by atoms with van der Waals surface area (Å²) in [5, 5.41) is 6.63. The standard InChI is InChI=1S/C23H30N4O4/c1-30-19-8-7-15(13-20(19)31-2)22-17-5-3-4-6-18(17)23(29)27(25-22)16-9-11-26(12-10-16)14-21(24)28/h3-4,7-8,13,16-18H,5-6,9-12,14H2,1-2H3,(H2,24,28)/t17?,18-/m1/s1. The van der Waals surface area contributed by atoms with E-state index < -0.39 is 0 Å². The number of likely N-dealkylation sites (tertiary alicyclic amines) is 1. The molecule has 0 aromatic heterocycles. The van der Waals surface area contributed by atoms with Crippen molar-refractivity contribution in [3.05, 3.63) is 35.9 Å². The quantitative estimate of drug-likeness (QED) is 0.700. The number of primary amides is 1. The average Bonchev–Trinajstić information content (AvgIpc) is 2.79. The summed E-state index contributed by atoms with van der Waals surface area (Å²) in [5.74, 6) is 1.05. The third kappa shape index (κ3) is 4.30. The molecule has 2 aliphatic heterocycles. The van der Waals surface area contributed by atoms with E-state index in [0.29, 0.717) is 11.5 Å². The zero-order valence-corrected chi connectivity index (χ0v) is 18.1. The van der Waals surface area contributed by atoms with Crippen LogP contribution in [0.4, 0.5) is 0 Å². The molecule has 1 aromatic carbocycles. The first-order valence-electron chi connectivity index (χ1n) is 10.8. The van der Waals surface area contributed by atoms with E-state index in [1.165, 1.54) is 0 Å². The number of fused-ring (bicyclic) bond motifs is 1. The molecule has 0 bridgehead atoms. The highest BCUT2D eigenvalue weighted by molar-refractivity contribution is 6.07. The lowest BCUT2D eigenvalue weighted by atomic mass is 9.76. The van der Waals surface area contributed by atoms with Crippen LogP contribution in [0, 0.1) is 11.8 Å². The second-order valence-electron chi connectivity index (χ2n) is 8.37. The molecule has 1 fully saturated rings. The van der Waals surface area contributed by atoms with Gasteiger partial charge in [-0.1, -0.05) is 12.2 Å². The fourth-order valence-corrected chi connectivity index (χ4v) is 4.87. The van der Waals surface area contributed by atoms with Crippen molar-refractivity contribution in [3.63, 3.8) is 0 Å². The van der Waals surface area contributed by atoms with Crippen LogP contribution in [0.25, 0.3) is 0 Å². The molecule has 0 spiro atoms. The van der Waals surface area contributed by atoms with Crippen LogP contribution in [-0.2, 0) is 9.59 Å². The van der Waals surface area contributed by atoms with E-state index in [1.54, 1.807) is 19.2 Å². The fraction of sp³-hybridized carbons (Fsp3) is 0.522. The summed E-state index contributed by atoms with van der Waals surface area (Å²) >= 11 is 0. The molecule has 0 saturated carbocycles. The summed E-state index contributed by atoms with van der Waals surface area (Å²) in [4.78, 5) is 26.6. The van der Waals surface area contributed by atoms with Crippen LogP contribution in [0.15, 0.2) is 35.5 Å². The molecule has 1 aliphatic carbocycles. The third-order valence-corrected chi connectivity index (χ3v) is 6.50. The van der Waals surface area contributed by atoms with Crippen molar-refractivity contribution >= 4 is 17.5 Å². The van der Waals surface area contributed by atoms with Gasteiger partial charge in [-0.3, -0.25) is 14.5 Å². The second kappa shape index (κ2) is 9.09. The number of hydrazone groups is 1. The van der Waals surface area contributed by atoms with Crippen LogP contribution in [0.5, 0.6) is 11.5 Å². The highest BCUT2D eigenvalue weighted by Crippen LogP contribution is 2.38. The Morgan fingerprint density at radius 3 is 2.42 bits per heavy atom. The van der Waals surface area contributed by atoms with Crippen molar-refractivity contribution in [1.82, 2.24) is 9.91 Å². The summed E-state index contributed by atoms with van der Waals surface area (Å²) in [6.45, 7) is 1.72.